The van der Waals surface area contributed by atoms with Gasteiger partial charge in [-0.2, -0.15) is 0 Å². The van der Waals surface area contributed by atoms with E-state index < -0.39 is 28.5 Å². The summed E-state index contributed by atoms with van der Waals surface area (Å²) in [5, 5.41) is 3.53. The molecular formula is C36H39BrClN3O5S. The van der Waals surface area contributed by atoms with E-state index in [1.165, 1.54) is 17.0 Å². The summed E-state index contributed by atoms with van der Waals surface area (Å²) in [5.74, 6) is -0.284. The second-order valence-electron chi connectivity index (χ2n) is 10.9. The number of sulfonamides is 1. The molecule has 4 aromatic rings. The number of benzene rings is 4. The van der Waals surface area contributed by atoms with Crippen LogP contribution in [0.4, 0.5) is 5.69 Å². The number of hydrogen-bond acceptors (Lipinski definition) is 5. The maximum Gasteiger partial charge on any atom is 0.264 e. The monoisotopic (exact) mass is 739 g/mol. The van der Waals surface area contributed by atoms with Crippen molar-refractivity contribution >= 4 is 55.1 Å². The third-order valence-corrected chi connectivity index (χ3v) is 10.1. The Kier molecular flexibility index (Phi) is 13.3. The summed E-state index contributed by atoms with van der Waals surface area (Å²) in [7, 11) is -4.22. The number of nitrogens with one attached hydrogen (secondary N) is 1. The molecule has 4 rings (SSSR count). The highest BCUT2D eigenvalue weighted by Gasteiger charge is 2.34. The zero-order valence-corrected chi connectivity index (χ0v) is 29.6. The number of amides is 2. The van der Waals surface area contributed by atoms with Gasteiger partial charge in [-0.3, -0.25) is 13.9 Å². The van der Waals surface area contributed by atoms with Crippen LogP contribution in [0.3, 0.4) is 0 Å². The van der Waals surface area contributed by atoms with E-state index in [4.69, 9.17) is 16.3 Å². The molecule has 0 aliphatic carbocycles. The molecule has 1 atom stereocenters. The van der Waals surface area contributed by atoms with Crippen LogP contribution in [0.1, 0.15) is 37.8 Å². The summed E-state index contributed by atoms with van der Waals surface area (Å²) in [4.78, 5) is 29.9. The van der Waals surface area contributed by atoms with Crippen LogP contribution in [0, 0.1) is 0 Å². The van der Waals surface area contributed by atoms with Gasteiger partial charge in [-0.05, 0) is 85.1 Å². The smallest absolute Gasteiger partial charge is 0.264 e. The first-order valence-corrected chi connectivity index (χ1v) is 18.1. The molecule has 0 bridgehead atoms. The number of hydrogen-bond donors (Lipinski definition) is 1. The number of anilines is 1. The van der Waals surface area contributed by atoms with Gasteiger partial charge < -0.3 is 15.0 Å². The van der Waals surface area contributed by atoms with Crippen LogP contribution in [-0.4, -0.2) is 50.9 Å². The Bertz CT molecular complexity index is 1700. The number of nitrogens with zero attached hydrogens (tertiary/aromatic N) is 2. The van der Waals surface area contributed by atoms with Crippen LogP contribution in [-0.2, 0) is 32.6 Å². The quantitative estimate of drug-likeness (QED) is 0.122. The van der Waals surface area contributed by atoms with Crippen molar-refractivity contribution in [1.29, 1.82) is 0 Å². The van der Waals surface area contributed by atoms with Crippen molar-refractivity contribution in [3.63, 3.8) is 0 Å². The minimum atomic E-state index is -4.22. The number of halogens is 2. The first kappa shape index (κ1) is 36.0. The van der Waals surface area contributed by atoms with E-state index in [9.17, 15) is 18.0 Å². The minimum Gasteiger partial charge on any atom is -0.494 e. The molecule has 0 saturated carbocycles. The van der Waals surface area contributed by atoms with Gasteiger partial charge in [-0.15, -0.1) is 0 Å². The Labute approximate surface area is 290 Å². The lowest BCUT2D eigenvalue weighted by atomic mass is 10.0. The molecule has 1 unspecified atom stereocenters. The zero-order chi connectivity index (χ0) is 33.8. The number of rotatable bonds is 16. The molecule has 248 valence electrons. The third kappa shape index (κ3) is 10.1. The standard InChI is InChI=1S/C36H39BrClN3O5S/c1-3-5-23-39-36(43)34(24-27-9-7-6-8-10-27)40(25-28-11-15-30(38)16-12-28)35(42)26-41(31-17-19-32(20-18-31)46-4-2)47(44,45)33-21-13-29(37)14-22-33/h6-22,34H,3-5,23-26H2,1-2H3,(H,39,43). The average Bonchev–Trinajstić information content (AvgIpc) is 3.07. The van der Waals surface area contributed by atoms with Crippen LogP contribution < -0.4 is 14.4 Å². The molecule has 2 amide bonds. The normalized spacial score (nSPS) is 11.8. The van der Waals surface area contributed by atoms with Crippen LogP contribution in [0.15, 0.2) is 112 Å². The van der Waals surface area contributed by atoms with E-state index >= 15 is 0 Å². The second-order valence-corrected chi connectivity index (χ2v) is 14.1. The van der Waals surface area contributed by atoms with Crippen LogP contribution in [0.2, 0.25) is 5.02 Å². The predicted molar refractivity (Wildman–Crippen MR) is 190 cm³/mol. The molecule has 11 heteroatoms. The summed E-state index contributed by atoms with van der Waals surface area (Å²) >= 11 is 9.52. The van der Waals surface area contributed by atoms with Gasteiger partial charge in [-0.25, -0.2) is 8.42 Å². The van der Waals surface area contributed by atoms with Crippen molar-refractivity contribution in [1.82, 2.24) is 10.2 Å². The fraction of sp³-hybridized carbons (Fsp3) is 0.278. The first-order chi connectivity index (χ1) is 22.6. The van der Waals surface area contributed by atoms with Crippen molar-refractivity contribution in [2.24, 2.45) is 0 Å². The molecule has 0 radical (unpaired) electrons. The van der Waals surface area contributed by atoms with Gasteiger partial charge in [0.2, 0.25) is 11.8 Å². The highest BCUT2D eigenvalue weighted by molar-refractivity contribution is 9.10. The Morgan fingerprint density at radius 1 is 0.872 bits per heavy atom. The van der Waals surface area contributed by atoms with Crippen LogP contribution in [0.25, 0.3) is 0 Å². The van der Waals surface area contributed by atoms with Gasteiger partial charge >= 0.3 is 0 Å². The molecular weight excluding hydrogens is 702 g/mol. The van der Waals surface area contributed by atoms with E-state index in [1.807, 2.05) is 44.2 Å². The lowest BCUT2D eigenvalue weighted by molar-refractivity contribution is -0.140. The van der Waals surface area contributed by atoms with E-state index in [2.05, 4.69) is 21.2 Å². The van der Waals surface area contributed by atoms with Gasteiger partial charge in [0.25, 0.3) is 10.0 Å². The number of carbonyl (C=O) groups excluding carboxylic acids is 2. The maximum absolute atomic E-state index is 14.5. The van der Waals surface area contributed by atoms with Crippen molar-refractivity contribution in [2.75, 3.05) is 24.0 Å². The molecule has 1 N–H and O–H groups in total. The molecule has 0 saturated heterocycles. The zero-order valence-electron chi connectivity index (χ0n) is 26.4. The van der Waals surface area contributed by atoms with Gasteiger partial charge in [0.1, 0.15) is 18.3 Å². The molecule has 0 heterocycles. The van der Waals surface area contributed by atoms with Crippen LogP contribution in [0.5, 0.6) is 5.75 Å². The fourth-order valence-electron chi connectivity index (χ4n) is 4.98. The highest BCUT2D eigenvalue weighted by Crippen LogP contribution is 2.28. The summed E-state index contributed by atoms with van der Waals surface area (Å²) < 4.78 is 35.8. The summed E-state index contributed by atoms with van der Waals surface area (Å²) in [6, 6.07) is 28.3. The molecule has 0 fully saturated rings. The lowest BCUT2D eigenvalue weighted by Gasteiger charge is -2.34. The van der Waals surface area contributed by atoms with E-state index in [0.29, 0.717) is 28.4 Å². The summed E-state index contributed by atoms with van der Waals surface area (Å²) in [6.07, 6.45) is 1.91. The number of ether oxygens (including phenoxy) is 1. The van der Waals surface area contributed by atoms with E-state index in [1.54, 1.807) is 60.7 Å². The van der Waals surface area contributed by atoms with E-state index in [-0.39, 0.29) is 29.5 Å². The van der Waals surface area contributed by atoms with Gasteiger partial charge in [-0.1, -0.05) is 83.3 Å². The first-order valence-electron chi connectivity index (χ1n) is 15.5. The molecule has 0 aliphatic rings. The Morgan fingerprint density at radius 2 is 1.53 bits per heavy atom. The van der Waals surface area contributed by atoms with E-state index in [0.717, 1.165) is 28.3 Å². The highest BCUT2D eigenvalue weighted by atomic mass is 79.9. The number of carbonyl (C=O) groups is 2. The maximum atomic E-state index is 14.5. The van der Waals surface area contributed by atoms with Gasteiger partial charge in [0, 0.05) is 29.0 Å². The summed E-state index contributed by atoms with van der Waals surface area (Å²) in [6.45, 7) is 4.31. The molecule has 0 spiro atoms. The lowest BCUT2D eigenvalue weighted by Crippen LogP contribution is -2.53. The minimum absolute atomic E-state index is 0.0183. The SMILES string of the molecule is CCCCNC(=O)C(Cc1ccccc1)N(Cc1ccc(Cl)cc1)C(=O)CN(c1ccc(OCC)cc1)S(=O)(=O)c1ccc(Br)cc1. The molecule has 47 heavy (non-hydrogen) atoms. The largest absolute Gasteiger partial charge is 0.494 e. The molecule has 8 nitrogen and oxygen atoms in total. The van der Waals surface area contributed by atoms with Crippen LogP contribution >= 0.6 is 27.5 Å². The number of unbranched alkanes of at least 4 members (excludes halogenated alkanes) is 1. The predicted octanol–water partition coefficient (Wildman–Crippen LogP) is 7.25. The Hall–Kier alpha value is -3.86. The fourth-order valence-corrected chi connectivity index (χ4v) is 6.79. The average molecular weight is 741 g/mol. The third-order valence-electron chi connectivity index (χ3n) is 7.48. The van der Waals surface area contributed by atoms with Crippen molar-refractivity contribution in [3.8, 4) is 5.75 Å². The Balaban J connectivity index is 1.78. The summed E-state index contributed by atoms with van der Waals surface area (Å²) in [5.41, 5.74) is 1.89. The topological polar surface area (TPSA) is 96.0 Å². The van der Waals surface area contributed by atoms with Gasteiger partial charge in [0.15, 0.2) is 0 Å². The Morgan fingerprint density at radius 3 is 2.15 bits per heavy atom. The molecule has 0 aliphatic heterocycles. The second kappa shape index (κ2) is 17.3. The van der Waals surface area contributed by atoms with Crippen molar-refractivity contribution in [2.45, 2.75) is 50.6 Å². The molecule has 4 aromatic carbocycles. The van der Waals surface area contributed by atoms with Gasteiger partial charge in [0.05, 0.1) is 17.2 Å². The molecule has 0 aromatic heterocycles. The van der Waals surface area contributed by atoms with Crippen molar-refractivity contribution in [3.05, 3.63) is 124 Å². The van der Waals surface area contributed by atoms with Crippen molar-refractivity contribution < 1.29 is 22.7 Å².